The summed E-state index contributed by atoms with van der Waals surface area (Å²) in [5.74, 6) is 0. The van der Waals surface area contributed by atoms with Gasteiger partial charge in [-0.2, -0.15) is 0 Å². The van der Waals surface area contributed by atoms with Gasteiger partial charge >= 0.3 is 0 Å². The van der Waals surface area contributed by atoms with Crippen molar-refractivity contribution in [3.63, 3.8) is 0 Å². The first kappa shape index (κ1) is 12.6. The summed E-state index contributed by atoms with van der Waals surface area (Å²) in [6.45, 7) is 5.35. The lowest BCUT2D eigenvalue weighted by molar-refractivity contribution is 0.136. The second kappa shape index (κ2) is 5.65. The van der Waals surface area contributed by atoms with Crippen molar-refractivity contribution in [3.8, 4) is 0 Å². The normalized spacial score (nSPS) is 21.7. The summed E-state index contributed by atoms with van der Waals surface area (Å²) < 4.78 is 0. The van der Waals surface area contributed by atoms with Crippen molar-refractivity contribution in [2.24, 2.45) is 0 Å². The van der Waals surface area contributed by atoms with Crippen LogP contribution in [0, 0.1) is 0 Å². The number of hydrogen-bond donors (Lipinski definition) is 2. The lowest BCUT2D eigenvalue weighted by Gasteiger charge is -2.22. The summed E-state index contributed by atoms with van der Waals surface area (Å²) in [5.41, 5.74) is 3.73. The van der Waals surface area contributed by atoms with Crippen LogP contribution in [0.4, 0.5) is 0 Å². The second-order valence-electron chi connectivity index (χ2n) is 4.89. The van der Waals surface area contributed by atoms with Crippen LogP contribution >= 0.6 is 0 Å². The molecule has 0 aliphatic carbocycles. The van der Waals surface area contributed by atoms with Crippen LogP contribution in [0.1, 0.15) is 49.5 Å². The predicted octanol–water partition coefficient (Wildman–Crippen LogP) is 2.60. The van der Waals surface area contributed by atoms with Crippen LogP contribution in [-0.2, 0) is 12.8 Å². The molecular weight excluding hydrogens is 210 g/mol. The predicted molar refractivity (Wildman–Crippen MR) is 71.2 cm³/mol. The molecule has 0 aromatic heterocycles. The number of nitrogens with one attached hydrogen (secondary N) is 1. The quantitative estimate of drug-likeness (QED) is 0.838. The van der Waals surface area contributed by atoms with Crippen LogP contribution in [0.15, 0.2) is 18.2 Å². The Morgan fingerprint density at radius 3 is 2.76 bits per heavy atom. The summed E-state index contributed by atoms with van der Waals surface area (Å²) in [7, 11) is 0. The van der Waals surface area contributed by atoms with Crippen LogP contribution in [0.3, 0.4) is 0 Å². The molecular formula is C15H23NO. The van der Waals surface area contributed by atoms with Crippen LogP contribution in [0.5, 0.6) is 0 Å². The second-order valence-corrected chi connectivity index (χ2v) is 4.89. The fraction of sp³-hybridized carbons (Fsp3) is 0.600. The Balaban J connectivity index is 2.27. The van der Waals surface area contributed by atoms with Gasteiger partial charge in [-0.25, -0.2) is 0 Å². The SMILES string of the molecule is CCc1ccc(CC)c(C(O)C2CCCN2)c1. The molecule has 0 amide bonds. The molecule has 94 valence electrons. The number of aliphatic hydroxyl groups is 1. The number of hydrogen-bond acceptors (Lipinski definition) is 2. The van der Waals surface area contributed by atoms with E-state index in [9.17, 15) is 5.11 Å². The Morgan fingerprint density at radius 2 is 2.18 bits per heavy atom. The minimum Gasteiger partial charge on any atom is -0.387 e. The van der Waals surface area contributed by atoms with Gasteiger partial charge in [0.05, 0.1) is 6.10 Å². The third-order valence-electron chi connectivity index (χ3n) is 3.80. The Morgan fingerprint density at radius 1 is 1.35 bits per heavy atom. The average Bonchev–Trinajstić information content (AvgIpc) is 2.91. The van der Waals surface area contributed by atoms with Crippen molar-refractivity contribution in [2.45, 2.75) is 51.7 Å². The van der Waals surface area contributed by atoms with E-state index >= 15 is 0 Å². The van der Waals surface area contributed by atoms with Gasteiger partial charge in [0.2, 0.25) is 0 Å². The van der Waals surface area contributed by atoms with Crippen LogP contribution in [0.25, 0.3) is 0 Å². The van der Waals surface area contributed by atoms with Crippen molar-refractivity contribution < 1.29 is 5.11 Å². The molecule has 1 aliphatic rings. The van der Waals surface area contributed by atoms with E-state index in [-0.39, 0.29) is 12.1 Å². The molecule has 2 heteroatoms. The van der Waals surface area contributed by atoms with Gasteiger partial charge < -0.3 is 10.4 Å². The van der Waals surface area contributed by atoms with Gasteiger partial charge in [-0.15, -0.1) is 0 Å². The number of aliphatic hydroxyl groups excluding tert-OH is 1. The molecule has 2 atom stereocenters. The molecule has 1 aliphatic heterocycles. The molecule has 0 spiro atoms. The Labute approximate surface area is 104 Å². The van der Waals surface area contributed by atoms with Crippen molar-refractivity contribution in [1.82, 2.24) is 5.32 Å². The molecule has 2 unspecified atom stereocenters. The average molecular weight is 233 g/mol. The number of aryl methyl sites for hydroxylation is 2. The molecule has 0 radical (unpaired) electrons. The first-order chi connectivity index (χ1) is 8.26. The van der Waals surface area contributed by atoms with Gasteiger partial charge in [0, 0.05) is 6.04 Å². The summed E-state index contributed by atoms with van der Waals surface area (Å²) in [5, 5.41) is 13.9. The van der Waals surface area contributed by atoms with Crippen LogP contribution in [-0.4, -0.2) is 17.7 Å². The van der Waals surface area contributed by atoms with Gasteiger partial charge in [0.1, 0.15) is 0 Å². The molecule has 1 aromatic carbocycles. The Bertz CT molecular complexity index is 369. The maximum atomic E-state index is 10.5. The van der Waals surface area contributed by atoms with E-state index in [2.05, 4.69) is 37.4 Å². The van der Waals surface area contributed by atoms with Crippen LogP contribution < -0.4 is 5.32 Å². The molecule has 1 saturated heterocycles. The minimum absolute atomic E-state index is 0.243. The van der Waals surface area contributed by atoms with E-state index in [1.54, 1.807) is 0 Å². The molecule has 2 rings (SSSR count). The summed E-state index contributed by atoms with van der Waals surface area (Å²) in [6, 6.07) is 6.78. The first-order valence-electron chi connectivity index (χ1n) is 6.79. The molecule has 17 heavy (non-hydrogen) atoms. The monoisotopic (exact) mass is 233 g/mol. The Hall–Kier alpha value is -0.860. The van der Waals surface area contributed by atoms with Crippen molar-refractivity contribution >= 4 is 0 Å². The smallest absolute Gasteiger partial charge is 0.0945 e. The lowest BCUT2D eigenvalue weighted by atomic mass is 9.93. The van der Waals surface area contributed by atoms with E-state index in [0.717, 1.165) is 31.4 Å². The van der Waals surface area contributed by atoms with Gasteiger partial charge in [-0.05, 0) is 48.9 Å². The van der Waals surface area contributed by atoms with E-state index in [4.69, 9.17) is 0 Å². The van der Waals surface area contributed by atoms with Crippen molar-refractivity contribution in [3.05, 3.63) is 34.9 Å². The molecule has 2 nitrogen and oxygen atoms in total. The largest absolute Gasteiger partial charge is 0.387 e. The van der Waals surface area contributed by atoms with E-state index in [1.807, 2.05) is 0 Å². The lowest BCUT2D eigenvalue weighted by Crippen LogP contribution is -2.29. The maximum absolute atomic E-state index is 10.5. The molecule has 0 saturated carbocycles. The molecule has 2 N–H and O–H groups in total. The zero-order valence-corrected chi connectivity index (χ0v) is 10.9. The van der Waals surface area contributed by atoms with Gasteiger partial charge in [-0.3, -0.25) is 0 Å². The van der Waals surface area contributed by atoms with Gasteiger partial charge in [0.15, 0.2) is 0 Å². The number of benzene rings is 1. The summed E-state index contributed by atoms with van der Waals surface area (Å²) in [6.07, 6.45) is 3.93. The van der Waals surface area contributed by atoms with Crippen molar-refractivity contribution in [2.75, 3.05) is 6.54 Å². The third-order valence-corrected chi connectivity index (χ3v) is 3.80. The highest BCUT2D eigenvalue weighted by Crippen LogP contribution is 2.27. The zero-order valence-electron chi connectivity index (χ0n) is 10.9. The maximum Gasteiger partial charge on any atom is 0.0945 e. The van der Waals surface area contributed by atoms with E-state index in [1.165, 1.54) is 17.5 Å². The summed E-state index contributed by atoms with van der Waals surface area (Å²) >= 11 is 0. The first-order valence-corrected chi connectivity index (χ1v) is 6.79. The highest BCUT2D eigenvalue weighted by Gasteiger charge is 2.25. The number of rotatable bonds is 4. The zero-order chi connectivity index (χ0) is 12.3. The fourth-order valence-electron chi connectivity index (χ4n) is 2.66. The van der Waals surface area contributed by atoms with Crippen molar-refractivity contribution in [1.29, 1.82) is 0 Å². The third kappa shape index (κ3) is 2.70. The Kier molecular flexibility index (Phi) is 4.19. The highest BCUT2D eigenvalue weighted by molar-refractivity contribution is 5.34. The summed E-state index contributed by atoms with van der Waals surface area (Å²) in [4.78, 5) is 0. The van der Waals surface area contributed by atoms with Gasteiger partial charge in [0.25, 0.3) is 0 Å². The minimum atomic E-state index is -0.348. The fourth-order valence-corrected chi connectivity index (χ4v) is 2.66. The molecule has 1 aromatic rings. The standard InChI is InChI=1S/C15H23NO/c1-3-11-7-8-12(4-2)13(10-11)15(17)14-6-5-9-16-14/h7-8,10,14-17H,3-6,9H2,1-2H3. The van der Waals surface area contributed by atoms with Crippen LogP contribution in [0.2, 0.25) is 0 Å². The van der Waals surface area contributed by atoms with E-state index in [0.29, 0.717) is 0 Å². The molecule has 1 heterocycles. The highest BCUT2D eigenvalue weighted by atomic mass is 16.3. The van der Waals surface area contributed by atoms with E-state index < -0.39 is 0 Å². The molecule has 1 fully saturated rings. The topological polar surface area (TPSA) is 32.3 Å². The van der Waals surface area contributed by atoms with Gasteiger partial charge in [-0.1, -0.05) is 32.0 Å². The molecule has 0 bridgehead atoms.